The summed E-state index contributed by atoms with van der Waals surface area (Å²) in [6, 6.07) is 0. The first-order valence-corrected chi connectivity index (χ1v) is 3.96. The molecule has 2 N–H and O–H groups in total. The van der Waals surface area contributed by atoms with Crippen molar-refractivity contribution in [2.45, 2.75) is 38.3 Å². The fourth-order valence-electron chi connectivity index (χ4n) is 1.03. The third-order valence-corrected chi connectivity index (χ3v) is 1.94. The van der Waals surface area contributed by atoms with Crippen LogP contribution in [0.15, 0.2) is 0 Å². The zero-order chi connectivity index (χ0) is 9.72. The van der Waals surface area contributed by atoms with Crippen LogP contribution in [0.4, 0.5) is 0 Å². The molecule has 0 radical (unpaired) electrons. The molecule has 0 amide bonds. The van der Waals surface area contributed by atoms with Gasteiger partial charge in [-0.2, -0.15) is 0 Å². The van der Waals surface area contributed by atoms with Gasteiger partial charge < -0.3 is 19.7 Å². The van der Waals surface area contributed by atoms with Crippen molar-refractivity contribution < 1.29 is 19.7 Å². The normalized spacial score (nSPS) is 21.5. The fraction of sp³-hybridized carbons (Fsp3) is 1.00. The maximum absolute atomic E-state index is 9.54. The lowest BCUT2D eigenvalue weighted by atomic mass is 10.1. The zero-order valence-corrected chi connectivity index (χ0v) is 8.02. The molecule has 0 saturated heterocycles. The number of hydrogen-bond donors (Lipinski definition) is 2. The maximum Gasteiger partial charge on any atom is 0.111 e. The van der Waals surface area contributed by atoms with Gasteiger partial charge in [0.2, 0.25) is 0 Å². The third kappa shape index (κ3) is 3.06. The summed E-state index contributed by atoms with van der Waals surface area (Å²) in [5.74, 6) is 0. The van der Waals surface area contributed by atoms with E-state index in [1.807, 2.05) is 0 Å². The quantitative estimate of drug-likeness (QED) is 0.611. The van der Waals surface area contributed by atoms with Crippen molar-refractivity contribution >= 4 is 0 Å². The highest BCUT2D eigenvalue weighted by Gasteiger charge is 2.28. The van der Waals surface area contributed by atoms with E-state index in [2.05, 4.69) is 0 Å². The number of methoxy groups -OCH3 is 2. The van der Waals surface area contributed by atoms with Crippen LogP contribution in [-0.4, -0.2) is 48.8 Å². The Morgan fingerprint density at radius 1 is 1.00 bits per heavy atom. The first-order valence-electron chi connectivity index (χ1n) is 3.96. The van der Waals surface area contributed by atoms with Gasteiger partial charge in [-0.25, -0.2) is 0 Å². The Balaban J connectivity index is 4.10. The minimum Gasteiger partial charge on any atom is -0.391 e. The molecule has 0 rings (SSSR count). The standard InChI is InChI=1S/C8H18O4/c1-5(9)8(12-4)7(10)6(2)11-3/h5-10H,1-4H3. The van der Waals surface area contributed by atoms with Gasteiger partial charge in [-0.1, -0.05) is 0 Å². The Hall–Kier alpha value is -0.160. The smallest absolute Gasteiger partial charge is 0.111 e. The second-order valence-electron chi connectivity index (χ2n) is 2.87. The summed E-state index contributed by atoms with van der Waals surface area (Å²) >= 11 is 0. The van der Waals surface area contributed by atoms with Crippen LogP contribution in [0.3, 0.4) is 0 Å². The van der Waals surface area contributed by atoms with Gasteiger partial charge in [0.05, 0.1) is 12.2 Å². The summed E-state index contributed by atoms with van der Waals surface area (Å²) in [6.45, 7) is 3.29. The summed E-state index contributed by atoms with van der Waals surface area (Å²) in [4.78, 5) is 0. The first-order chi connectivity index (χ1) is 5.54. The molecule has 0 saturated carbocycles. The molecule has 0 aliphatic heterocycles. The summed E-state index contributed by atoms with van der Waals surface area (Å²) in [5.41, 5.74) is 0. The van der Waals surface area contributed by atoms with Crippen molar-refractivity contribution in [1.29, 1.82) is 0 Å². The highest BCUT2D eigenvalue weighted by atomic mass is 16.5. The van der Waals surface area contributed by atoms with Crippen molar-refractivity contribution in [3.63, 3.8) is 0 Å². The molecule has 0 bridgehead atoms. The minimum atomic E-state index is -0.806. The number of ether oxygens (including phenoxy) is 2. The van der Waals surface area contributed by atoms with Crippen LogP contribution in [-0.2, 0) is 9.47 Å². The molecule has 0 aliphatic rings. The predicted octanol–water partition coefficient (Wildman–Crippen LogP) is -0.222. The van der Waals surface area contributed by atoms with Crippen molar-refractivity contribution in [3.05, 3.63) is 0 Å². The van der Waals surface area contributed by atoms with E-state index in [1.54, 1.807) is 13.8 Å². The van der Waals surface area contributed by atoms with Crippen LogP contribution in [0, 0.1) is 0 Å². The molecule has 12 heavy (non-hydrogen) atoms. The molecule has 4 unspecified atom stereocenters. The average Bonchev–Trinajstić information content (AvgIpc) is 2.03. The molecular weight excluding hydrogens is 160 g/mol. The van der Waals surface area contributed by atoms with E-state index in [1.165, 1.54) is 14.2 Å². The molecule has 0 heterocycles. The molecule has 0 aromatic carbocycles. The summed E-state index contributed by atoms with van der Waals surface area (Å²) in [5, 5.41) is 18.7. The largest absolute Gasteiger partial charge is 0.391 e. The zero-order valence-electron chi connectivity index (χ0n) is 8.02. The lowest BCUT2D eigenvalue weighted by Crippen LogP contribution is -2.44. The van der Waals surface area contributed by atoms with E-state index in [9.17, 15) is 10.2 Å². The van der Waals surface area contributed by atoms with Gasteiger partial charge in [0.25, 0.3) is 0 Å². The predicted molar refractivity (Wildman–Crippen MR) is 45.0 cm³/mol. The van der Waals surface area contributed by atoms with Gasteiger partial charge >= 0.3 is 0 Å². The summed E-state index contributed by atoms with van der Waals surface area (Å²) in [6.07, 6.45) is -2.45. The Morgan fingerprint density at radius 2 is 1.50 bits per heavy atom. The molecule has 0 aromatic rings. The van der Waals surface area contributed by atoms with Crippen molar-refractivity contribution in [2.24, 2.45) is 0 Å². The highest BCUT2D eigenvalue weighted by molar-refractivity contribution is 4.78. The minimum absolute atomic E-state index is 0.343. The molecular formula is C8H18O4. The van der Waals surface area contributed by atoms with Gasteiger partial charge in [-0.3, -0.25) is 0 Å². The van der Waals surface area contributed by atoms with E-state index in [0.29, 0.717) is 0 Å². The van der Waals surface area contributed by atoms with Crippen LogP contribution in [0.25, 0.3) is 0 Å². The highest BCUT2D eigenvalue weighted by Crippen LogP contribution is 2.09. The number of rotatable bonds is 5. The van der Waals surface area contributed by atoms with Gasteiger partial charge in [-0.15, -0.1) is 0 Å². The number of aliphatic hydroxyl groups is 2. The summed E-state index contributed by atoms with van der Waals surface area (Å²) < 4.78 is 9.82. The number of aliphatic hydroxyl groups excluding tert-OH is 2. The first kappa shape index (κ1) is 11.8. The van der Waals surface area contributed by atoms with Gasteiger partial charge in [0.1, 0.15) is 12.2 Å². The van der Waals surface area contributed by atoms with Crippen LogP contribution in [0.5, 0.6) is 0 Å². The lowest BCUT2D eigenvalue weighted by molar-refractivity contribution is -0.119. The van der Waals surface area contributed by atoms with E-state index < -0.39 is 18.3 Å². The Morgan fingerprint density at radius 3 is 1.75 bits per heavy atom. The Bertz CT molecular complexity index is 116. The van der Waals surface area contributed by atoms with Crippen molar-refractivity contribution in [1.82, 2.24) is 0 Å². The van der Waals surface area contributed by atoms with E-state index >= 15 is 0 Å². The number of hydrogen-bond acceptors (Lipinski definition) is 4. The second-order valence-corrected chi connectivity index (χ2v) is 2.87. The fourth-order valence-corrected chi connectivity index (χ4v) is 1.03. The second kappa shape index (κ2) is 5.48. The molecule has 0 fully saturated rings. The van der Waals surface area contributed by atoms with Crippen LogP contribution < -0.4 is 0 Å². The van der Waals surface area contributed by atoms with E-state index in [4.69, 9.17) is 9.47 Å². The molecule has 0 aliphatic carbocycles. The average molecular weight is 178 g/mol. The van der Waals surface area contributed by atoms with Gasteiger partial charge in [-0.05, 0) is 13.8 Å². The summed E-state index contributed by atoms with van der Waals surface area (Å²) in [7, 11) is 2.95. The van der Waals surface area contributed by atoms with Gasteiger partial charge in [0.15, 0.2) is 0 Å². The Kier molecular flexibility index (Phi) is 5.41. The molecule has 4 nitrogen and oxygen atoms in total. The topological polar surface area (TPSA) is 58.9 Å². The monoisotopic (exact) mass is 178 g/mol. The van der Waals surface area contributed by atoms with Crippen molar-refractivity contribution in [3.8, 4) is 0 Å². The third-order valence-electron chi connectivity index (χ3n) is 1.94. The maximum atomic E-state index is 9.54. The van der Waals surface area contributed by atoms with Gasteiger partial charge in [0, 0.05) is 14.2 Å². The molecule has 4 atom stereocenters. The van der Waals surface area contributed by atoms with Crippen LogP contribution in [0.1, 0.15) is 13.8 Å². The lowest BCUT2D eigenvalue weighted by Gasteiger charge is -2.27. The molecule has 74 valence electrons. The van der Waals surface area contributed by atoms with E-state index in [-0.39, 0.29) is 6.10 Å². The van der Waals surface area contributed by atoms with Crippen LogP contribution >= 0.6 is 0 Å². The van der Waals surface area contributed by atoms with Crippen molar-refractivity contribution in [2.75, 3.05) is 14.2 Å². The van der Waals surface area contributed by atoms with E-state index in [0.717, 1.165) is 0 Å². The molecule has 0 aromatic heterocycles. The SMILES string of the molecule is COC(C)C(O)C(OC)C(C)O. The van der Waals surface area contributed by atoms with Crippen LogP contribution in [0.2, 0.25) is 0 Å². The molecule has 4 heteroatoms. The Labute approximate surface area is 73.1 Å². The molecule has 0 spiro atoms.